The molecule has 0 radical (unpaired) electrons. The Morgan fingerprint density at radius 1 is 0.656 bits per heavy atom. The minimum absolute atomic E-state index is 0.0564. The first-order valence-electron chi connectivity index (χ1n) is 10.0. The summed E-state index contributed by atoms with van der Waals surface area (Å²) in [6, 6.07) is 4.72. The Bertz CT molecular complexity index is 952. The van der Waals surface area contributed by atoms with E-state index in [1.54, 1.807) is 13.8 Å². The van der Waals surface area contributed by atoms with Gasteiger partial charge in [-0.1, -0.05) is 0 Å². The molecule has 0 saturated heterocycles. The van der Waals surface area contributed by atoms with Gasteiger partial charge in [0.25, 0.3) is 0 Å². The molecule has 9 nitrogen and oxygen atoms in total. The van der Waals surface area contributed by atoms with Crippen LogP contribution in [0.4, 0.5) is 4.39 Å². The Hall–Kier alpha value is -3.69. The molecule has 0 aliphatic heterocycles. The Kier molecular flexibility index (Phi) is 8.51. The highest BCUT2D eigenvalue weighted by Crippen LogP contribution is 2.31. The van der Waals surface area contributed by atoms with Crippen molar-refractivity contribution in [2.45, 2.75) is 27.7 Å². The lowest BCUT2D eigenvalue weighted by molar-refractivity contribution is 0.0453. The largest absolute Gasteiger partial charge is 0.462 e. The van der Waals surface area contributed by atoms with E-state index in [4.69, 9.17) is 18.9 Å². The predicted molar refractivity (Wildman–Crippen MR) is 110 cm³/mol. The van der Waals surface area contributed by atoms with Crippen LogP contribution in [0.25, 0.3) is 5.69 Å². The van der Waals surface area contributed by atoms with E-state index in [0.29, 0.717) is 0 Å². The third-order valence-corrected chi connectivity index (χ3v) is 4.15. The molecule has 0 spiro atoms. The fourth-order valence-electron chi connectivity index (χ4n) is 3.01. The van der Waals surface area contributed by atoms with Gasteiger partial charge >= 0.3 is 23.9 Å². The molecule has 0 saturated carbocycles. The van der Waals surface area contributed by atoms with E-state index >= 15 is 0 Å². The summed E-state index contributed by atoms with van der Waals surface area (Å²) in [4.78, 5) is 51.6. The third kappa shape index (κ3) is 4.96. The lowest BCUT2D eigenvalue weighted by Crippen LogP contribution is -2.19. The molecule has 1 aromatic carbocycles. The third-order valence-electron chi connectivity index (χ3n) is 4.15. The first-order chi connectivity index (χ1) is 15.3. The molecule has 10 heteroatoms. The molecule has 0 N–H and O–H groups in total. The normalized spacial score (nSPS) is 10.4. The van der Waals surface area contributed by atoms with Crippen molar-refractivity contribution in [3.8, 4) is 5.69 Å². The van der Waals surface area contributed by atoms with E-state index in [1.807, 2.05) is 0 Å². The molecule has 1 heterocycles. The van der Waals surface area contributed by atoms with Crippen molar-refractivity contribution < 1.29 is 42.5 Å². The van der Waals surface area contributed by atoms with Crippen LogP contribution in [0.15, 0.2) is 24.3 Å². The smallest absolute Gasteiger partial charge is 0.356 e. The van der Waals surface area contributed by atoms with Crippen molar-refractivity contribution in [1.82, 2.24) is 4.57 Å². The number of hydrogen-bond acceptors (Lipinski definition) is 8. The number of esters is 4. The van der Waals surface area contributed by atoms with Gasteiger partial charge in [0.2, 0.25) is 0 Å². The lowest BCUT2D eigenvalue weighted by Gasteiger charge is -2.13. The van der Waals surface area contributed by atoms with Gasteiger partial charge in [-0.25, -0.2) is 23.6 Å². The molecule has 0 amide bonds. The molecule has 0 aliphatic carbocycles. The van der Waals surface area contributed by atoms with Crippen LogP contribution in [-0.2, 0) is 18.9 Å². The summed E-state index contributed by atoms with van der Waals surface area (Å²) in [6.07, 6.45) is 0. The van der Waals surface area contributed by atoms with Gasteiger partial charge in [0.15, 0.2) is 0 Å². The van der Waals surface area contributed by atoms with Crippen LogP contribution in [-0.4, -0.2) is 54.9 Å². The molecule has 0 aliphatic rings. The van der Waals surface area contributed by atoms with Gasteiger partial charge in [0.1, 0.15) is 28.3 Å². The number of aromatic nitrogens is 1. The van der Waals surface area contributed by atoms with Crippen LogP contribution in [0.3, 0.4) is 0 Å². The van der Waals surface area contributed by atoms with Crippen molar-refractivity contribution in [3.63, 3.8) is 0 Å². The van der Waals surface area contributed by atoms with Gasteiger partial charge in [-0.15, -0.1) is 0 Å². The Balaban J connectivity index is 3.06. The number of halogens is 1. The van der Waals surface area contributed by atoms with Gasteiger partial charge in [-0.05, 0) is 52.0 Å². The summed E-state index contributed by atoms with van der Waals surface area (Å²) in [6.45, 7) is 5.92. The lowest BCUT2D eigenvalue weighted by atomic mass is 10.1. The van der Waals surface area contributed by atoms with Crippen LogP contribution in [0.1, 0.15) is 69.4 Å². The zero-order valence-electron chi connectivity index (χ0n) is 18.2. The number of rotatable bonds is 9. The highest BCUT2D eigenvalue weighted by molar-refractivity contribution is 6.16. The van der Waals surface area contributed by atoms with E-state index in [-0.39, 0.29) is 32.1 Å². The number of nitrogens with zero attached hydrogens (tertiary/aromatic N) is 1. The fourth-order valence-corrected chi connectivity index (χ4v) is 3.01. The van der Waals surface area contributed by atoms with Gasteiger partial charge in [0, 0.05) is 5.69 Å². The van der Waals surface area contributed by atoms with Crippen molar-refractivity contribution >= 4 is 23.9 Å². The minimum atomic E-state index is -1.04. The highest BCUT2D eigenvalue weighted by Gasteiger charge is 2.40. The summed E-state index contributed by atoms with van der Waals surface area (Å²) in [7, 11) is 0. The second-order valence-electron chi connectivity index (χ2n) is 6.14. The Morgan fingerprint density at radius 3 is 1.34 bits per heavy atom. The quantitative estimate of drug-likeness (QED) is 0.424. The summed E-state index contributed by atoms with van der Waals surface area (Å²) < 4.78 is 34.9. The van der Waals surface area contributed by atoms with Crippen molar-refractivity contribution in [3.05, 3.63) is 52.6 Å². The van der Waals surface area contributed by atoms with E-state index in [2.05, 4.69) is 0 Å². The topological polar surface area (TPSA) is 110 Å². The maximum Gasteiger partial charge on any atom is 0.356 e. The monoisotopic (exact) mass is 449 g/mol. The molecule has 32 heavy (non-hydrogen) atoms. The molecule has 0 bridgehead atoms. The molecular weight excluding hydrogens is 425 g/mol. The van der Waals surface area contributed by atoms with Crippen LogP contribution in [0, 0.1) is 5.82 Å². The highest BCUT2D eigenvalue weighted by atomic mass is 19.1. The molecule has 0 fully saturated rings. The van der Waals surface area contributed by atoms with E-state index in [1.165, 1.54) is 26.0 Å². The summed E-state index contributed by atoms with van der Waals surface area (Å²) in [5.41, 5.74) is -1.78. The zero-order chi connectivity index (χ0) is 23.8. The minimum Gasteiger partial charge on any atom is -0.462 e. The molecule has 0 unspecified atom stereocenters. The molecule has 2 aromatic rings. The predicted octanol–water partition coefficient (Wildman–Crippen LogP) is 3.32. The average Bonchev–Trinajstić information content (AvgIpc) is 3.11. The SMILES string of the molecule is CCOC(=O)c1c(C(=O)OCC)c(C(=O)OCC)n(-c2ccc(F)cc2)c1C(=O)OCC. The maximum atomic E-state index is 13.6. The number of hydrogen-bond donors (Lipinski definition) is 0. The van der Waals surface area contributed by atoms with E-state index < -0.39 is 52.2 Å². The standard InChI is InChI=1S/C22H24FNO8/c1-5-29-19(25)15-16(20(26)30-6-2)18(22(28)32-8-4)24(17(15)21(27)31-7-3)14-11-9-13(23)10-12-14/h9-12H,5-8H2,1-4H3. The summed E-state index contributed by atoms with van der Waals surface area (Å²) >= 11 is 0. The molecule has 172 valence electrons. The van der Waals surface area contributed by atoms with E-state index in [9.17, 15) is 23.6 Å². The van der Waals surface area contributed by atoms with Gasteiger partial charge in [-0.3, -0.25) is 4.57 Å². The van der Waals surface area contributed by atoms with Crippen molar-refractivity contribution in [2.75, 3.05) is 26.4 Å². The van der Waals surface area contributed by atoms with Gasteiger partial charge < -0.3 is 18.9 Å². The Morgan fingerprint density at radius 2 is 1.00 bits per heavy atom. The molecule has 2 rings (SSSR count). The number of carbonyl (C=O) groups excluding carboxylic acids is 4. The van der Waals surface area contributed by atoms with Crippen LogP contribution >= 0.6 is 0 Å². The van der Waals surface area contributed by atoms with Crippen LogP contribution in [0.5, 0.6) is 0 Å². The first kappa shape index (κ1) is 24.6. The van der Waals surface area contributed by atoms with Crippen LogP contribution < -0.4 is 0 Å². The summed E-state index contributed by atoms with van der Waals surface area (Å²) in [5, 5.41) is 0. The maximum absolute atomic E-state index is 13.6. The number of ether oxygens (including phenoxy) is 4. The van der Waals surface area contributed by atoms with Crippen molar-refractivity contribution in [2.24, 2.45) is 0 Å². The molecule has 0 atom stereocenters. The summed E-state index contributed by atoms with van der Waals surface area (Å²) in [5.74, 6) is -4.65. The van der Waals surface area contributed by atoms with Gasteiger partial charge in [-0.2, -0.15) is 0 Å². The van der Waals surface area contributed by atoms with Crippen molar-refractivity contribution in [1.29, 1.82) is 0 Å². The number of carbonyl (C=O) groups is 4. The average molecular weight is 449 g/mol. The fraction of sp³-hybridized carbons (Fsp3) is 0.364. The molecular formula is C22H24FNO8. The zero-order valence-corrected chi connectivity index (χ0v) is 18.2. The second-order valence-corrected chi connectivity index (χ2v) is 6.14. The Labute approximate surface area is 184 Å². The van der Waals surface area contributed by atoms with Crippen LogP contribution in [0.2, 0.25) is 0 Å². The molecule has 1 aromatic heterocycles. The second kappa shape index (κ2) is 11.1. The first-order valence-corrected chi connectivity index (χ1v) is 10.0. The van der Waals surface area contributed by atoms with Gasteiger partial charge in [0.05, 0.1) is 26.4 Å². The van der Waals surface area contributed by atoms with E-state index in [0.717, 1.165) is 16.7 Å². The number of benzene rings is 1.